The molecule has 1 amide bonds. The highest BCUT2D eigenvalue weighted by Crippen LogP contribution is 2.24. The van der Waals surface area contributed by atoms with E-state index in [0.29, 0.717) is 12.5 Å². The summed E-state index contributed by atoms with van der Waals surface area (Å²) in [5.41, 5.74) is 2.45. The molecule has 0 aliphatic carbocycles. The van der Waals surface area contributed by atoms with Gasteiger partial charge in [0.05, 0.1) is 6.20 Å². The minimum absolute atomic E-state index is 0.275. The number of carbonyl (C=O) groups excluding carboxylic acids is 1. The van der Waals surface area contributed by atoms with E-state index in [0.717, 1.165) is 37.8 Å². The molecule has 1 aliphatic rings. The van der Waals surface area contributed by atoms with E-state index in [1.54, 1.807) is 4.68 Å². The molecule has 1 aliphatic heterocycles. The molecule has 26 heavy (non-hydrogen) atoms. The van der Waals surface area contributed by atoms with Crippen molar-refractivity contribution in [2.75, 3.05) is 6.54 Å². The van der Waals surface area contributed by atoms with Crippen LogP contribution in [0.1, 0.15) is 30.4 Å². The second kappa shape index (κ2) is 7.32. The Morgan fingerprint density at radius 2 is 2.00 bits per heavy atom. The van der Waals surface area contributed by atoms with Crippen LogP contribution in [-0.4, -0.2) is 33.2 Å². The third-order valence-electron chi connectivity index (χ3n) is 5.37. The van der Waals surface area contributed by atoms with E-state index in [1.807, 2.05) is 19.4 Å². The summed E-state index contributed by atoms with van der Waals surface area (Å²) in [5, 5.41) is 6.73. The second-order valence-electron chi connectivity index (χ2n) is 7.29. The highest BCUT2D eigenvalue weighted by Gasteiger charge is 2.28. The van der Waals surface area contributed by atoms with Crippen molar-refractivity contribution in [3.8, 4) is 0 Å². The Bertz CT molecular complexity index is 914. The number of likely N-dealkylation sites (tertiary alicyclic amines) is 1. The first-order chi connectivity index (χ1) is 12.7. The van der Waals surface area contributed by atoms with Crippen LogP contribution in [0.2, 0.25) is 0 Å². The van der Waals surface area contributed by atoms with E-state index < -0.39 is 0 Å². The highest BCUT2D eigenvalue weighted by atomic mass is 16.2. The summed E-state index contributed by atoms with van der Waals surface area (Å²) in [6, 6.07) is 15.4. The van der Waals surface area contributed by atoms with Crippen LogP contribution >= 0.6 is 0 Å². The normalized spacial score (nSPS) is 17.1. The molecule has 1 atom stereocenters. The van der Waals surface area contributed by atoms with E-state index in [2.05, 4.69) is 52.5 Å². The molecule has 2 aromatic carbocycles. The van der Waals surface area contributed by atoms with E-state index >= 15 is 0 Å². The Morgan fingerprint density at radius 3 is 2.81 bits per heavy atom. The third kappa shape index (κ3) is 3.64. The molecule has 1 saturated heterocycles. The van der Waals surface area contributed by atoms with Crippen LogP contribution in [0.15, 0.2) is 54.9 Å². The average molecular weight is 347 g/mol. The lowest BCUT2D eigenvalue weighted by atomic mass is 10.00. The van der Waals surface area contributed by atoms with E-state index in [9.17, 15) is 4.79 Å². The monoisotopic (exact) mass is 347 g/mol. The Labute approximate surface area is 154 Å². The lowest BCUT2D eigenvalue weighted by Crippen LogP contribution is -2.36. The summed E-state index contributed by atoms with van der Waals surface area (Å²) in [6.07, 6.45) is 8.34. The van der Waals surface area contributed by atoms with Crippen molar-refractivity contribution in [3.05, 3.63) is 66.0 Å². The zero-order chi connectivity index (χ0) is 17.9. The van der Waals surface area contributed by atoms with Crippen LogP contribution in [0, 0.1) is 0 Å². The largest absolute Gasteiger partial charge is 0.339 e. The molecular formula is C22H25N3O. The average Bonchev–Trinajstić information content (AvgIpc) is 3.28. The quantitative estimate of drug-likeness (QED) is 0.705. The van der Waals surface area contributed by atoms with Gasteiger partial charge in [-0.1, -0.05) is 42.5 Å². The number of aromatic nitrogens is 2. The van der Waals surface area contributed by atoms with Crippen LogP contribution in [0.3, 0.4) is 0 Å². The van der Waals surface area contributed by atoms with Gasteiger partial charge in [0.15, 0.2) is 0 Å². The standard InChI is InChI=1S/C22H25N3O/c1-24-16-18(15-23-24)9-11-22(26)25-12-4-7-21(25)14-17-8-10-19-5-2-3-6-20(19)13-17/h2-3,5-6,8,10,13,15-16,21H,4,7,9,11-12,14H2,1H3. The number of hydrogen-bond acceptors (Lipinski definition) is 2. The molecule has 2 heterocycles. The van der Waals surface area contributed by atoms with Gasteiger partial charge in [-0.3, -0.25) is 9.48 Å². The summed E-state index contributed by atoms with van der Waals surface area (Å²) in [4.78, 5) is 14.8. The van der Waals surface area contributed by atoms with Crippen LogP contribution < -0.4 is 0 Å². The van der Waals surface area contributed by atoms with Gasteiger partial charge in [-0.05, 0) is 47.6 Å². The van der Waals surface area contributed by atoms with Crippen LogP contribution in [0.5, 0.6) is 0 Å². The molecule has 3 aromatic rings. The first-order valence-electron chi connectivity index (χ1n) is 9.44. The molecule has 0 radical (unpaired) electrons. The number of hydrogen-bond donors (Lipinski definition) is 0. The maximum absolute atomic E-state index is 12.7. The van der Waals surface area contributed by atoms with E-state index in [1.165, 1.54) is 16.3 Å². The molecule has 0 bridgehead atoms. The molecule has 0 saturated carbocycles. The van der Waals surface area contributed by atoms with Crippen LogP contribution in [0.4, 0.5) is 0 Å². The van der Waals surface area contributed by atoms with Gasteiger partial charge in [0.2, 0.25) is 5.91 Å². The second-order valence-corrected chi connectivity index (χ2v) is 7.29. The number of amides is 1. The van der Waals surface area contributed by atoms with Crippen molar-refractivity contribution in [2.45, 2.75) is 38.1 Å². The molecule has 1 unspecified atom stereocenters. The van der Waals surface area contributed by atoms with Gasteiger partial charge in [-0.2, -0.15) is 5.10 Å². The smallest absolute Gasteiger partial charge is 0.223 e. The van der Waals surface area contributed by atoms with Gasteiger partial charge < -0.3 is 4.90 Å². The highest BCUT2D eigenvalue weighted by molar-refractivity contribution is 5.83. The molecular weight excluding hydrogens is 322 g/mol. The van der Waals surface area contributed by atoms with Crippen LogP contribution in [-0.2, 0) is 24.7 Å². The fraction of sp³-hybridized carbons (Fsp3) is 0.364. The lowest BCUT2D eigenvalue weighted by molar-refractivity contribution is -0.131. The molecule has 0 spiro atoms. The fourth-order valence-electron chi connectivity index (χ4n) is 4.01. The van der Waals surface area contributed by atoms with Crippen molar-refractivity contribution in [1.29, 1.82) is 0 Å². The summed E-state index contributed by atoms with van der Waals surface area (Å²) in [5.74, 6) is 0.275. The molecule has 0 N–H and O–H groups in total. The SMILES string of the molecule is Cn1cc(CCC(=O)N2CCCC2Cc2ccc3ccccc3c2)cn1. The van der Waals surface area contributed by atoms with Gasteiger partial charge in [0, 0.05) is 32.3 Å². The fourth-order valence-corrected chi connectivity index (χ4v) is 4.01. The van der Waals surface area contributed by atoms with Crippen molar-refractivity contribution in [2.24, 2.45) is 7.05 Å². The number of aryl methyl sites for hydroxylation is 2. The van der Waals surface area contributed by atoms with Crippen molar-refractivity contribution < 1.29 is 4.79 Å². The van der Waals surface area contributed by atoms with Crippen molar-refractivity contribution >= 4 is 16.7 Å². The Kier molecular flexibility index (Phi) is 4.74. The first-order valence-corrected chi connectivity index (χ1v) is 9.44. The summed E-state index contributed by atoms with van der Waals surface area (Å²) >= 11 is 0. The number of carbonyl (C=O) groups is 1. The molecule has 134 valence electrons. The number of nitrogens with zero attached hydrogens (tertiary/aromatic N) is 3. The first kappa shape index (κ1) is 16.8. The maximum atomic E-state index is 12.7. The molecule has 4 nitrogen and oxygen atoms in total. The minimum Gasteiger partial charge on any atom is -0.339 e. The lowest BCUT2D eigenvalue weighted by Gasteiger charge is -2.25. The zero-order valence-electron chi connectivity index (χ0n) is 15.3. The summed E-state index contributed by atoms with van der Waals surface area (Å²) < 4.78 is 1.79. The molecule has 4 rings (SSSR count). The minimum atomic E-state index is 0.275. The Morgan fingerprint density at radius 1 is 1.15 bits per heavy atom. The van der Waals surface area contributed by atoms with E-state index in [-0.39, 0.29) is 5.91 Å². The topological polar surface area (TPSA) is 38.1 Å². The molecule has 1 aromatic heterocycles. The summed E-state index contributed by atoms with van der Waals surface area (Å²) in [6.45, 7) is 0.893. The number of benzene rings is 2. The zero-order valence-corrected chi connectivity index (χ0v) is 15.3. The summed E-state index contributed by atoms with van der Waals surface area (Å²) in [7, 11) is 1.91. The molecule has 1 fully saturated rings. The van der Waals surface area contributed by atoms with Gasteiger partial charge in [-0.15, -0.1) is 0 Å². The van der Waals surface area contributed by atoms with Gasteiger partial charge in [-0.25, -0.2) is 0 Å². The Hall–Kier alpha value is -2.62. The van der Waals surface area contributed by atoms with Gasteiger partial charge >= 0.3 is 0 Å². The van der Waals surface area contributed by atoms with E-state index in [4.69, 9.17) is 0 Å². The number of fused-ring (bicyclic) bond motifs is 1. The van der Waals surface area contributed by atoms with Crippen LogP contribution in [0.25, 0.3) is 10.8 Å². The van der Waals surface area contributed by atoms with Crippen molar-refractivity contribution in [1.82, 2.24) is 14.7 Å². The van der Waals surface area contributed by atoms with Gasteiger partial charge in [0.1, 0.15) is 0 Å². The Balaban J connectivity index is 1.41. The predicted molar refractivity (Wildman–Crippen MR) is 104 cm³/mol. The third-order valence-corrected chi connectivity index (χ3v) is 5.37. The van der Waals surface area contributed by atoms with Gasteiger partial charge in [0.25, 0.3) is 0 Å². The number of rotatable bonds is 5. The molecule has 4 heteroatoms. The predicted octanol–water partition coefficient (Wildman–Crippen LogP) is 3.74. The van der Waals surface area contributed by atoms with Crippen molar-refractivity contribution in [3.63, 3.8) is 0 Å². The maximum Gasteiger partial charge on any atom is 0.223 e.